The Labute approximate surface area is 154 Å². The topological polar surface area (TPSA) is 65.1 Å². The van der Waals surface area contributed by atoms with E-state index in [1.807, 2.05) is 13.8 Å². The van der Waals surface area contributed by atoms with E-state index in [1.165, 1.54) is 7.11 Å². The lowest BCUT2D eigenvalue weighted by Crippen LogP contribution is -2.37. The Kier molecular flexibility index (Phi) is 9.96. The number of esters is 1. The minimum absolute atomic E-state index is 0.138. The van der Waals surface area contributed by atoms with Crippen LogP contribution < -0.4 is 4.74 Å². The van der Waals surface area contributed by atoms with Gasteiger partial charge in [0.15, 0.2) is 6.61 Å². The molecule has 0 unspecified atom stereocenters. The van der Waals surface area contributed by atoms with E-state index in [0.29, 0.717) is 30.3 Å². The van der Waals surface area contributed by atoms with Crippen molar-refractivity contribution in [1.82, 2.24) is 4.90 Å². The van der Waals surface area contributed by atoms with Crippen LogP contribution in [0.2, 0.25) is 5.02 Å². The second-order valence-electron chi connectivity index (χ2n) is 5.70. The highest BCUT2D eigenvalue weighted by atomic mass is 35.5. The molecule has 0 heterocycles. The van der Waals surface area contributed by atoms with Gasteiger partial charge in [-0.2, -0.15) is 0 Å². The lowest BCUT2D eigenvalue weighted by atomic mass is 10.3. The van der Waals surface area contributed by atoms with Gasteiger partial charge in [0.25, 0.3) is 5.91 Å². The van der Waals surface area contributed by atoms with Gasteiger partial charge in [-0.1, -0.05) is 23.7 Å². The molecule has 0 saturated heterocycles. The standard InChI is InChI=1S/C18H26ClNO5/c1-14(2)24-12-6-10-20(11-9-18(22)23-3)17(21)13-25-16-8-5-4-7-15(16)19/h4-5,7-8,14H,6,9-13H2,1-3H3. The third-order valence-electron chi connectivity index (χ3n) is 3.38. The third-order valence-corrected chi connectivity index (χ3v) is 3.69. The molecule has 0 aliphatic heterocycles. The van der Waals surface area contributed by atoms with Gasteiger partial charge >= 0.3 is 5.97 Å². The maximum atomic E-state index is 12.4. The molecule has 0 aliphatic rings. The first kappa shape index (κ1) is 21.3. The van der Waals surface area contributed by atoms with Crippen LogP contribution >= 0.6 is 11.6 Å². The number of ether oxygens (including phenoxy) is 3. The van der Waals surface area contributed by atoms with E-state index in [9.17, 15) is 9.59 Å². The third kappa shape index (κ3) is 8.74. The van der Waals surface area contributed by atoms with E-state index in [-0.39, 0.29) is 37.6 Å². The van der Waals surface area contributed by atoms with Crippen molar-refractivity contribution in [3.63, 3.8) is 0 Å². The van der Waals surface area contributed by atoms with Crippen molar-refractivity contribution in [2.75, 3.05) is 33.4 Å². The summed E-state index contributed by atoms with van der Waals surface area (Å²) in [6.07, 6.45) is 0.957. The highest BCUT2D eigenvalue weighted by Gasteiger charge is 2.16. The first-order valence-corrected chi connectivity index (χ1v) is 8.65. The van der Waals surface area contributed by atoms with Gasteiger partial charge in [-0.15, -0.1) is 0 Å². The lowest BCUT2D eigenvalue weighted by Gasteiger charge is -2.22. The van der Waals surface area contributed by atoms with E-state index < -0.39 is 0 Å². The number of para-hydroxylation sites is 1. The number of carbonyl (C=O) groups excluding carboxylic acids is 2. The number of hydrogen-bond donors (Lipinski definition) is 0. The lowest BCUT2D eigenvalue weighted by molar-refractivity contribution is -0.142. The molecule has 0 aliphatic carbocycles. The molecule has 6 nitrogen and oxygen atoms in total. The van der Waals surface area contributed by atoms with Crippen molar-refractivity contribution in [1.29, 1.82) is 0 Å². The highest BCUT2D eigenvalue weighted by molar-refractivity contribution is 6.32. The van der Waals surface area contributed by atoms with Gasteiger partial charge in [-0.25, -0.2) is 0 Å². The Hall–Kier alpha value is -1.79. The monoisotopic (exact) mass is 371 g/mol. The van der Waals surface area contributed by atoms with Gasteiger partial charge in [-0.05, 0) is 32.4 Å². The van der Waals surface area contributed by atoms with Crippen molar-refractivity contribution in [3.05, 3.63) is 29.3 Å². The van der Waals surface area contributed by atoms with E-state index >= 15 is 0 Å². The zero-order chi connectivity index (χ0) is 18.7. The van der Waals surface area contributed by atoms with Gasteiger partial charge in [0.2, 0.25) is 0 Å². The molecule has 0 spiro atoms. The molecule has 25 heavy (non-hydrogen) atoms. The molecule has 1 aromatic carbocycles. The quantitative estimate of drug-likeness (QED) is 0.442. The molecular weight excluding hydrogens is 346 g/mol. The maximum absolute atomic E-state index is 12.4. The van der Waals surface area contributed by atoms with Crippen LogP contribution in [0.3, 0.4) is 0 Å². The SMILES string of the molecule is COC(=O)CCN(CCCOC(C)C)C(=O)COc1ccccc1Cl. The predicted molar refractivity (Wildman–Crippen MR) is 95.9 cm³/mol. The van der Waals surface area contributed by atoms with Gasteiger partial charge in [0.05, 0.1) is 24.7 Å². The summed E-state index contributed by atoms with van der Waals surface area (Å²) in [7, 11) is 1.32. The van der Waals surface area contributed by atoms with Gasteiger partial charge in [0.1, 0.15) is 5.75 Å². The Balaban J connectivity index is 2.54. The van der Waals surface area contributed by atoms with Crippen LogP contribution in [0.25, 0.3) is 0 Å². The number of nitrogens with zero attached hydrogens (tertiary/aromatic N) is 1. The Morgan fingerprint density at radius 2 is 1.92 bits per heavy atom. The van der Waals surface area contributed by atoms with Gasteiger partial charge in [-0.3, -0.25) is 9.59 Å². The zero-order valence-corrected chi connectivity index (χ0v) is 15.8. The number of benzene rings is 1. The molecular formula is C18H26ClNO5. The first-order valence-electron chi connectivity index (χ1n) is 8.27. The fraction of sp³-hybridized carbons (Fsp3) is 0.556. The first-order chi connectivity index (χ1) is 11.9. The number of hydrogen-bond acceptors (Lipinski definition) is 5. The van der Waals surface area contributed by atoms with Crippen LogP contribution in [-0.2, 0) is 19.1 Å². The van der Waals surface area contributed by atoms with Gasteiger partial charge in [0, 0.05) is 19.7 Å². The molecule has 0 N–H and O–H groups in total. The minimum atomic E-state index is -0.358. The normalized spacial score (nSPS) is 10.6. The molecule has 1 amide bonds. The predicted octanol–water partition coefficient (Wildman–Crippen LogP) is 2.93. The molecule has 0 fully saturated rings. The average molecular weight is 372 g/mol. The second-order valence-corrected chi connectivity index (χ2v) is 6.11. The Morgan fingerprint density at radius 1 is 1.20 bits per heavy atom. The van der Waals surface area contributed by atoms with Crippen LogP contribution in [0.15, 0.2) is 24.3 Å². The Bertz CT molecular complexity index is 550. The van der Waals surface area contributed by atoms with Crippen molar-refractivity contribution in [2.45, 2.75) is 32.8 Å². The van der Waals surface area contributed by atoms with Gasteiger partial charge < -0.3 is 19.1 Å². The number of halogens is 1. The fourth-order valence-corrected chi connectivity index (χ4v) is 2.25. The van der Waals surface area contributed by atoms with Crippen molar-refractivity contribution >= 4 is 23.5 Å². The smallest absolute Gasteiger partial charge is 0.307 e. The number of carbonyl (C=O) groups is 2. The number of methoxy groups -OCH3 is 1. The van der Waals surface area contributed by atoms with Crippen LogP contribution in [0, 0.1) is 0 Å². The summed E-state index contributed by atoms with van der Waals surface area (Å²) in [6, 6.07) is 6.96. The Morgan fingerprint density at radius 3 is 2.56 bits per heavy atom. The molecule has 1 rings (SSSR count). The fourth-order valence-electron chi connectivity index (χ4n) is 2.06. The van der Waals surface area contributed by atoms with Crippen LogP contribution in [-0.4, -0.2) is 56.3 Å². The summed E-state index contributed by atoms with van der Waals surface area (Å²) < 4.78 is 15.6. The van der Waals surface area contributed by atoms with Crippen LogP contribution in [0.5, 0.6) is 5.75 Å². The van der Waals surface area contributed by atoms with E-state index in [2.05, 4.69) is 4.74 Å². The molecule has 0 bridgehead atoms. The average Bonchev–Trinajstić information content (AvgIpc) is 2.59. The highest BCUT2D eigenvalue weighted by Crippen LogP contribution is 2.23. The van der Waals surface area contributed by atoms with E-state index in [0.717, 1.165) is 0 Å². The molecule has 7 heteroatoms. The van der Waals surface area contributed by atoms with E-state index in [4.69, 9.17) is 21.1 Å². The van der Waals surface area contributed by atoms with Crippen molar-refractivity contribution in [3.8, 4) is 5.75 Å². The molecule has 0 aromatic heterocycles. The minimum Gasteiger partial charge on any atom is -0.482 e. The van der Waals surface area contributed by atoms with Crippen LogP contribution in [0.4, 0.5) is 0 Å². The summed E-state index contributed by atoms with van der Waals surface area (Å²) >= 11 is 6.01. The van der Waals surface area contributed by atoms with Crippen molar-refractivity contribution < 1.29 is 23.8 Å². The number of amides is 1. The molecule has 140 valence electrons. The second kappa shape index (κ2) is 11.7. The van der Waals surface area contributed by atoms with E-state index in [1.54, 1.807) is 29.2 Å². The van der Waals surface area contributed by atoms with Crippen molar-refractivity contribution in [2.24, 2.45) is 0 Å². The summed E-state index contributed by atoms with van der Waals surface area (Å²) in [6.45, 7) is 5.07. The maximum Gasteiger partial charge on any atom is 0.307 e. The number of rotatable bonds is 11. The molecule has 0 atom stereocenters. The van der Waals surface area contributed by atoms with Crippen LogP contribution in [0.1, 0.15) is 26.7 Å². The summed E-state index contributed by atoms with van der Waals surface area (Å²) in [5.41, 5.74) is 0. The molecule has 0 radical (unpaired) electrons. The zero-order valence-electron chi connectivity index (χ0n) is 15.0. The molecule has 0 saturated carbocycles. The summed E-state index contributed by atoms with van der Waals surface area (Å²) in [5.74, 6) is -0.120. The summed E-state index contributed by atoms with van der Waals surface area (Å²) in [5, 5.41) is 0.446. The summed E-state index contributed by atoms with van der Waals surface area (Å²) in [4.78, 5) is 25.4. The largest absolute Gasteiger partial charge is 0.482 e. The molecule has 1 aromatic rings.